The molecule has 0 aliphatic carbocycles. The minimum atomic E-state index is -0.777. The number of anilines is 1. The van der Waals surface area contributed by atoms with E-state index < -0.39 is 23.6 Å². The van der Waals surface area contributed by atoms with Gasteiger partial charge in [0.05, 0.1) is 12.2 Å². The van der Waals surface area contributed by atoms with Gasteiger partial charge in [0, 0.05) is 25.2 Å². The smallest absolute Gasteiger partial charge is 0.291 e. The molecular formula is C19H19F2N7O2. The summed E-state index contributed by atoms with van der Waals surface area (Å²) in [4.78, 5) is 30.6. The molecule has 3 heterocycles. The molecule has 3 aromatic rings. The van der Waals surface area contributed by atoms with E-state index in [9.17, 15) is 18.4 Å². The first-order valence-corrected chi connectivity index (χ1v) is 9.28. The molecule has 1 aromatic carbocycles. The van der Waals surface area contributed by atoms with E-state index in [2.05, 4.69) is 20.5 Å². The number of nitrogens with one attached hydrogen (secondary N) is 1. The molecule has 1 atom stereocenters. The number of hydrogen-bond donors (Lipinski definition) is 1. The lowest BCUT2D eigenvalue weighted by molar-refractivity contribution is -0.120. The molecule has 30 heavy (non-hydrogen) atoms. The quantitative estimate of drug-likeness (QED) is 0.692. The van der Waals surface area contributed by atoms with E-state index in [-0.39, 0.29) is 23.8 Å². The Bertz CT molecular complexity index is 1100. The topological polar surface area (TPSA) is 97.9 Å². The standard InChI is InChI=1S/C19H19F2N7O2/c1-11-8-16-26(2)19(30)15(6-7-28(16)24-11)23-18(29)17-22-10-27(25-17)9-12-13(20)4-3-5-14(12)21/h3-5,8,10,15H,6-7,9H2,1-2H3,(H,23,29)/t15-/m0/s1. The first-order chi connectivity index (χ1) is 14.3. The number of carbonyl (C=O) groups is 2. The molecule has 1 N–H and O–H groups in total. The molecule has 4 rings (SSSR count). The number of fused-ring (bicyclic) bond motifs is 1. The molecule has 2 amide bonds. The van der Waals surface area contributed by atoms with Crippen LogP contribution in [0.4, 0.5) is 14.6 Å². The van der Waals surface area contributed by atoms with Crippen molar-refractivity contribution in [2.75, 3.05) is 11.9 Å². The summed E-state index contributed by atoms with van der Waals surface area (Å²) in [7, 11) is 1.62. The van der Waals surface area contributed by atoms with Gasteiger partial charge in [0.2, 0.25) is 5.82 Å². The Morgan fingerprint density at radius 1 is 1.27 bits per heavy atom. The maximum absolute atomic E-state index is 13.8. The molecule has 0 fully saturated rings. The van der Waals surface area contributed by atoms with Gasteiger partial charge in [-0.1, -0.05) is 6.07 Å². The number of rotatable bonds is 4. The highest BCUT2D eigenvalue weighted by molar-refractivity contribution is 6.00. The van der Waals surface area contributed by atoms with Crippen LogP contribution in [0.25, 0.3) is 0 Å². The summed E-state index contributed by atoms with van der Waals surface area (Å²) in [5, 5.41) is 11.0. The minimum Gasteiger partial charge on any atom is -0.337 e. The lowest BCUT2D eigenvalue weighted by Gasteiger charge is -2.19. The highest BCUT2D eigenvalue weighted by Gasteiger charge is 2.31. The molecule has 1 aliphatic heterocycles. The molecule has 0 spiro atoms. The summed E-state index contributed by atoms with van der Waals surface area (Å²) in [5.74, 6) is -1.89. The van der Waals surface area contributed by atoms with E-state index >= 15 is 0 Å². The van der Waals surface area contributed by atoms with Crippen molar-refractivity contribution in [3.05, 3.63) is 59.3 Å². The fourth-order valence-corrected chi connectivity index (χ4v) is 3.36. The number of aryl methyl sites for hydroxylation is 2. The number of likely N-dealkylation sites (N-methyl/N-ethyl adjacent to an activating group) is 1. The summed E-state index contributed by atoms with van der Waals surface area (Å²) >= 11 is 0. The highest BCUT2D eigenvalue weighted by atomic mass is 19.1. The zero-order chi connectivity index (χ0) is 21.4. The Morgan fingerprint density at radius 2 is 2.00 bits per heavy atom. The number of nitrogens with zero attached hydrogens (tertiary/aromatic N) is 6. The van der Waals surface area contributed by atoms with Crippen molar-refractivity contribution in [2.24, 2.45) is 0 Å². The first kappa shape index (κ1) is 19.7. The molecule has 0 radical (unpaired) electrons. The maximum Gasteiger partial charge on any atom is 0.291 e. The zero-order valence-corrected chi connectivity index (χ0v) is 16.3. The van der Waals surface area contributed by atoms with Crippen LogP contribution >= 0.6 is 0 Å². The van der Waals surface area contributed by atoms with Gasteiger partial charge >= 0.3 is 0 Å². The van der Waals surface area contributed by atoms with Gasteiger partial charge in [-0.2, -0.15) is 5.10 Å². The third-order valence-corrected chi connectivity index (χ3v) is 4.91. The highest BCUT2D eigenvalue weighted by Crippen LogP contribution is 2.21. The van der Waals surface area contributed by atoms with Gasteiger partial charge in [-0.3, -0.25) is 14.5 Å². The van der Waals surface area contributed by atoms with Crippen LogP contribution in [0.1, 0.15) is 28.3 Å². The van der Waals surface area contributed by atoms with Crippen LogP contribution in [-0.2, 0) is 17.9 Å². The summed E-state index contributed by atoms with van der Waals surface area (Å²) in [6, 6.07) is 4.57. The van der Waals surface area contributed by atoms with E-state index in [1.165, 1.54) is 17.3 Å². The van der Waals surface area contributed by atoms with Crippen molar-refractivity contribution in [2.45, 2.75) is 32.5 Å². The average molecular weight is 415 g/mol. The number of amides is 2. The summed E-state index contributed by atoms with van der Waals surface area (Å²) in [6.45, 7) is 2.08. The number of aromatic nitrogens is 5. The van der Waals surface area contributed by atoms with Gasteiger partial charge in [-0.25, -0.2) is 23.1 Å². The van der Waals surface area contributed by atoms with Gasteiger partial charge in [0.1, 0.15) is 29.8 Å². The van der Waals surface area contributed by atoms with Crippen molar-refractivity contribution >= 4 is 17.6 Å². The fraction of sp³-hybridized carbons (Fsp3) is 0.316. The van der Waals surface area contributed by atoms with Gasteiger partial charge in [0.15, 0.2) is 0 Å². The third-order valence-electron chi connectivity index (χ3n) is 4.91. The monoisotopic (exact) mass is 415 g/mol. The second kappa shape index (κ2) is 7.65. The minimum absolute atomic E-state index is 0.181. The second-order valence-corrected chi connectivity index (χ2v) is 7.05. The molecule has 9 nitrogen and oxygen atoms in total. The van der Waals surface area contributed by atoms with Crippen LogP contribution in [0.2, 0.25) is 0 Å². The Morgan fingerprint density at radius 3 is 2.73 bits per heavy atom. The van der Waals surface area contributed by atoms with E-state index in [0.29, 0.717) is 18.8 Å². The number of carbonyl (C=O) groups excluding carboxylic acids is 2. The van der Waals surface area contributed by atoms with Gasteiger partial charge in [-0.05, 0) is 25.5 Å². The van der Waals surface area contributed by atoms with Crippen molar-refractivity contribution in [1.29, 1.82) is 0 Å². The first-order valence-electron chi connectivity index (χ1n) is 9.28. The molecule has 0 saturated heterocycles. The van der Waals surface area contributed by atoms with Crippen LogP contribution in [0.15, 0.2) is 30.6 Å². The van der Waals surface area contributed by atoms with Crippen LogP contribution in [0.5, 0.6) is 0 Å². The summed E-state index contributed by atoms with van der Waals surface area (Å²) in [5.41, 5.74) is 0.618. The van der Waals surface area contributed by atoms with Crippen LogP contribution in [0.3, 0.4) is 0 Å². The van der Waals surface area contributed by atoms with Crippen molar-refractivity contribution in [3.63, 3.8) is 0 Å². The Labute approximate surface area is 170 Å². The van der Waals surface area contributed by atoms with Crippen LogP contribution in [0, 0.1) is 18.6 Å². The largest absolute Gasteiger partial charge is 0.337 e. The van der Waals surface area contributed by atoms with Crippen LogP contribution in [-0.4, -0.2) is 49.4 Å². The molecule has 0 bridgehead atoms. The molecule has 1 aliphatic rings. The number of benzene rings is 1. The SMILES string of the molecule is Cc1cc2n(n1)CC[C@H](NC(=O)c1ncn(Cc3c(F)cccc3F)n1)C(=O)N2C. The van der Waals surface area contributed by atoms with E-state index in [1.807, 2.05) is 6.92 Å². The van der Waals surface area contributed by atoms with Gasteiger partial charge < -0.3 is 5.32 Å². The Hall–Kier alpha value is -3.63. The van der Waals surface area contributed by atoms with Gasteiger partial charge in [-0.15, -0.1) is 5.10 Å². The van der Waals surface area contributed by atoms with Crippen molar-refractivity contribution in [1.82, 2.24) is 29.9 Å². The molecule has 0 unspecified atom stereocenters. The lowest BCUT2D eigenvalue weighted by Crippen LogP contribution is -2.47. The summed E-state index contributed by atoms with van der Waals surface area (Å²) < 4.78 is 30.5. The average Bonchev–Trinajstić information content (AvgIpc) is 3.31. The van der Waals surface area contributed by atoms with Gasteiger partial charge in [0.25, 0.3) is 11.8 Å². The fourth-order valence-electron chi connectivity index (χ4n) is 3.36. The third kappa shape index (κ3) is 3.65. The zero-order valence-electron chi connectivity index (χ0n) is 16.3. The van der Waals surface area contributed by atoms with E-state index in [0.717, 1.165) is 22.5 Å². The molecule has 156 valence electrons. The Kier molecular flexibility index (Phi) is 5.02. The molecular weight excluding hydrogens is 396 g/mol. The molecule has 11 heteroatoms. The normalized spacial score (nSPS) is 16.3. The lowest BCUT2D eigenvalue weighted by atomic mass is 10.2. The molecule has 2 aromatic heterocycles. The second-order valence-electron chi connectivity index (χ2n) is 7.05. The van der Waals surface area contributed by atoms with Crippen molar-refractivity contribution < 1.29 is 18.4 Å². The number of halogens is 2. The molecule has 0 saturated carbocycles. The Balaban J connectivity index is 1.46. The van der Waals surface area contributed by atoms with E-state index in [1.54, 1.807) is 17.8 Å². The van der Waals surface area contributed by atoms with E-state index in [4.69, 9.17) is 0 Å². The van der Waals surface area contributed by atoms with Crippen LogP contribution < -0.4 is 10.2 Å². The predicted octanol–water partition coefficient (Wildman–Crippen LogP) is 1.27. The number of hydrogen-bond acceptors (Lipinski definition) is 5. The summed E-state index contributed by atoms with van der Waals surface area (Å²) in [6.07, 6.45) is 1.56. The maximum atomic E-state index is 13.8. The predicted molar refractivity (Wildman–Crippen MR) is 102 cm³/mol. The van der Waals surface area contributed by atoms with Crippen molar-refractivity contribution in [3.8, 4) is 0 Å².